The minimum atomic E-state index is 0.0397. The summed E-state index contributed by atoms with van der Waals surface area (Å²) in [5, 5.41) is 11.4. The quantitative estimate of drug-likeness (QED) is 0.629. The Hall–Kier alpha value is -0.610. The number of carbonyl (C=O) groups is 1. The van der Waals surface area contributed by atoms with Gasteiger partial charge in [0.1, 0.15) is 0 Å². The van der Waals surface area contributed by atoms with Crippen LogP contribution in [0.15, 0.2) is 0 Å². The van der Waals surface area contributed by atoms with E-state index in [1.807, 2.05) is 0 Å². The molecule has 0 aromatic carbocycles. The average Bonchev–Trinajstić information content (AvgIpc) is 2.25. The van der Waals surface area contributed by atoms with Gasteiger partial charge in [-0.25, -0.2) is 0 Å². The Morgan fingerprint density at radius 2 is 2.36 bits per heavy atom. The molecular weight excluding hydrogens is 182 g/mol. The van der Waals surface area contributed by atoms with Crippen molar-refractivity contribution in [1.82, 2.24) is 5.32 Å². The molecule has 4 nitrogen and oxygen atoms in total. The van der Waals surface area contributed by atoms with Crippen molar-refractivity contribution >= 4 is 5.91 Å². The molecule has 1 heterocycles. The van der Waals surface area contributed by atoms with Crippen molar-refractivity contribution in [3.8, 4) is 0 Å². The molecule has 1 atom stereocenters. The third kappa shape index (κ3) is 4.07. The van der Waals surface area contributed by atoms with Crippen LogP contribution in [-0.2, 0) is 9.53 Å². The Bertz CT molecular complexity index is 167. The van der Waals surface area contributed by atoms with E-state index in [0.29, 0.717) is 13.2 Å². The highest BCUT2D eigenvalue weighted by Crippen LogP contribution is 2.13. The van der Waals surface area contributed by atoms with E-state index in [2.05, 4.69) is 5.32 Å². The number of hydrogen-bond acceptors (Lipinski definition) is 3. The second kappa shape index (κ2) is 6.79. The summed E-state index contributed by atoms with van der Waals surface area (Å²) in [4.78, 5) is 11.5. The van der Waals surface area contributed by atoms with E-state index in [1.54, 1.807) is 0 Å². The summed E-state index contributed by atoms with van der Waals surface area (Å²) < 4.78 is 5.23. The van der Waals surface area contributed by atoms with E-state index < -0.39 is 0 Å². The Kier molecular flexibility index (Phi) is 5.56. The number of rotatable bonds is 5. The second-order valence-electron chi connectivity index (χ2n) is 3.64. The third-order valence-electron chi connectivity index (χ3n) is 2.42. The topological polar surface area (TPSA) is 58.6 Å². The number of amides is 1. The average molecular weight is 201 g/mol. The molecule has 1 aliphatic rings. The molecule has 14 heavy (non-hydrogen) atoms. The fourth-order valence-electron chi connectivity index (χ4n) is 1.54. The first-order valence-electron chi connectivity index (χ1n) is 5.31. The molecule has 1 saturated heterocycles. The highest BCUT2D eigenvalue weighted by atomic mass is 16.5. The van der Waals surface area contributed by atoms with Gasteiger partial charge in [0.25, 0.3) is 0 Å². The van der Waals surface area contributed by atoms with Crippen molar-refractivity contribution in [3.05, 3.63) is 0 Å². The van der Waals surface area contributed by atoms with E-state index in [9.17, 15) is 4.79 Å². The van der Waals surface area contributed by atoms with Gasteiger partial charge in [0, 0.05) is 19.8 Å². The predicted molar refractivity (Wildman–Crippen MR) is 52.9 cm³/mol. The molecular formula is C10H19NO3. The summed E-state index contributed by atoms with van der Waals surface area (Å²) in [7, 11) is 0. The number of aliphatic hydroxyl groups is 1. The van der Waals surface area contributed by atoms with Crippen molar-refractivity contribution < 1.29 is 14.6 Å². The summed E-state index contributed by atoms with van der Waals surface area (Å²) in [5.74, 6) is 0.139. The fourth-order valence-corrected chi connectivity index (χ4v) is 1.54. The summed E-state index contributed by atoms with van der Waals surface area (Å²) in [6.45, 7) is 2.21. The largest absolute Gasteiger partial charge is 0.396 e. The van der Waals surface area contributed by atoms with Gasteiger partial charge < -0.3 is 15.2 Å². The molecule has 1 rings (SSSR count). The van der Waals surface area contributed by atoms with Gasteiger partial charge in [-0.15, -0.1) is 0 Å². The molecule has 0 saturated carbocycles. The first-order valence-corrected chi connectivity index (χ1v) is 5.31. The molecule has 1 fully saturated rings. The van der Waals surface area contributed by atoms with Crippen molar-refractivity contribution in [3.63, 3.8) is 0 Å². The number of carbonyl (C=O) groups excluding carboxylic acids is 1. The maximum absolute atomic E-state index is 11.5. The standard InChI is InChI=1S/C10H19NO3/c12-6-2-1-5-11-10(13)9-4-3-7-14-8-9/h9,12H,1-8H2,(H,11,13). The number of unbranched alkanes of at least 4 members (excludes halogenated alkanes) is 1. The van der Waals surface area contributed by atoms with E-state index in [0.717, 1.165) is 32.3 Å². The molecule has 1 amide bonds. The molecule has 2 N–H and O–H groups in total. The molecule has 0 aromatic rings. The van der Waals surface area contributed by atoms with E-state index >= 15 is 0 Å². The summed E-state index contributed by atoms with van der Waals surface area (Å²) >= 11 is 0. The molecule has 82 valence electrons. The lowest BCUT2D eigenvalue weighted by Gasteiger charge is -2.21. The summed E-state index contributed by atoms with van der Waals surface area (Å²) in [6.07, 6.45) is 3.51. The van der Waals surface area contributed by atoms with Gasteiger partial charge >= 0.3 is 0 Å². The Balaban J connectivity index is 2.07. The van der Waals surface area contributed by atoms with Crippen LogP contribution in [0.4, 0.5) is 0 Å². The lowest BCUT2D eigenvalue weighted by molar-refractivity contribution is -0.128. The number of hydrogen-bond donors (Lipinski definition) is 2. The maximum atomic E-state index is 11.5. The van der Waals surface area contributed by atoms with Gasteiger partial charge in [-0.1, -0.05) is 0 Å². The van der Waals surface area contributed by atoms with Crippen molar-refractivity contribution in [2.24, 2.45) is 5.92 Å². The van der Waals surface area contributed by atoms with Crippen molar-refractivity contribution in [2.75, 3.05) is 26.4 Å². The molecule has 0 bridgehead atoms. The first kappa shape index (κ1) is 11.5. The molecule has 0 aromatic heterocycles. The SMILES string of the molecule is O=C(NCCCCO)C1CCCOC1. The highest BCUT2D eigenvalue weighted by Gasteiger charge is 2.20. The lowest BCUT2D eigenvalue weighted by Crippen LogP contribution is -2.36. The Morgan fingerprint density at radius 1 is 1.50 bits per heavy atom. The van der Waals surface area contributed by atoms with Crippen LogP contribution in [0.1, 0.15) is 25.7 Å². The van der Waals surface area contributed by atoms with Crippen LogP contribution in [0.3, 0.4) is 0 Å². The third-order valence-corrected chi connectivity index (χ3v) is 2.42. The monoisotopic (exact) mass is 201 g/mol. The molecule has 0 radical (unpaired) electrons. The number of ether oxygens (including phenoxy) is 1. The Morgan fingerprint density at radius 3 is 3.00 bits per heavy atom. The van der Waals surface area contributed by atoms with Gasteiger partial charge in [0.15, 0.2) is 0 Å². The number of nitrogens with one attached hydrogen (secondary N) is 1. The van der Waals surface area contributed by atoms with Gasteiger partial charge in [0.05, 0.1) is 12.5 Å². The van der Waals surface area contributed by atoms with E-state index in [-0.39, 0.29) is 18.4 Å². The van der Waals surface area contributed by atoms with Crippen LogP contribution in [0.2, 0.25) is 0 Å². The zero-order chi connectivity index (χ0) is 10.2. The van der Waals surface area contributed by atoms with E-state index in [1.165, 1.54) is 0 Å². The van der Waals surface area contributed by atoms with Crippen molar-refractivity contribution in [2.45, 2.75) is 25.7 Å². The zero-order valence-corrected chi connectivity index (χ0v) is 8.50. The molecule has 1 aliphatic heterocycles. The van der Waals surface area contributed by atoms with Gasteiger partial charge in [-0.05, 0) is 25.7 Å². The first-order chi connectivity index (χ1) is 6.84. The van der Waals surface area contributed by atoms with Crippen LogP contribution in [0, 0.1) is 5.92 Å². The zero-order valence-electron chi connectivity index (χ0n) is 8.50. The maximum Gasteiger partial charge on any atom is 0.225 e. The number of aliphatic hydroxyl groups excluding tert-OH is 1. The lowest BCUT2D eigenvalue weighted by atomic mass is 10.0. The van der Waals surface area contributed by atoms with Gasteiger partial charge in [0.2, 0.25) is 5.91 Å². The molecule has 1 unspecified atom stereocenters. The summed E-state index contributed by atoms with van der Waals surface area (Å²) in [5.41, 5.74) is 0. The van der Waals surface area contributed by atoms with Crippen LogP contribution in [0.25, 0.3) is 0 Å². The normalized spacial score (nSPS) is 21.9. The Labute approximate surface area is 84.6 Å². The minimum Gasteiger partial charge on any atom is -0.396 e. The highest BCUT2D eigenvalue weighted by molar-refractivity contribution is 5.78. The molecule has 0 aliphatic carbocycles. The van der Waals surface area contributed by atoms with Crippen LogP contribution in [-0.4, -0.2) is 37.4 Å². The molecule has 0 spiro atoms. The summed E-state index contributed by atoms with van der Waals surface area (Å²) in [6, 6.07) is 0. The minimum absolute atomic E-state index is 0.0397. The van der Waals surface area contributed by atoms with Crippen LogP contribution >= 0.6 is 0 Å². The van der Waals surface area contributed by atoms with Gasteiger partial charge in [-0.3, -0.25) is 4.79 Å². The van der Waals surface area contributed by atoms with Gasteiger partial charge in [-0.2, -0.15) is 0 Å². The fraction of sp³-hybridized carbons (Fsp3) is 0.900. The van der Waals surface area contributed by atoms with Crippen LogP contribution < -0.4 is 5.32 Å². The predicted octanol–water partition coefficient (Wildman–Crippen LogP) is 0.302. The smallest absolute Gasteiger partial charge is 0.225 e. The van der Waals surface area contributed by atoms with Crippen molar-refractivity contribution in [1.29, 1.82) is 0 Å². The van der Waals surface area contributed by atoms with Crippen LogP contribution in [0.5, 0.6) is 0 Å². The second-order valence-corrected chi connectivity index (χ2v) is 3.64. The van der Waals surface area contributed by atoms with E-state index in [4.69, 9.17) is 9.84 Å². The molecule has 4 heteroatoms.